The molecule has 1 aliphatic carbocycles. The van der Waals surface area contributed by atoms with E-state index in [1.807, 2.05) is 0 Å². The van der Waals surface area contributed by atoms with E-state index < -0.39 is 20.5 Å². The normalized spacial score (nSPS) is 30.9. The maximum absolute atomic E-state index is 13.7. The van der Waals surface area contributed by atoms with E-state index in [0.29, 0.717) is 36.0 Å². The third kappa shape index (κ3) is 5.97. The number of carbonyl (C=O) groups excluding carboxylic acids is 2. The Kier molecular flexibility index (Phi) is 8.58. The molecule has 1 saturated carbocycles. The van der Waals surface area contributed by atoms with Gasteiger partial charge in [0.25, 0.3) is 0 Å². The van der Waals surface area contributed by atoms with Crippen LogP contribution in [0.25, 0.3) is 0 Å². The van der Waals surface area contributed by atoms with Crippen molar-refractivity contribution in [2.75, 3.05) is 12.3 Å². The molecule has 2 aliphatic heterocycles. The first-order valence-corrected chi connectivity index (χ1v) is 15.2. The number of sulfone groups is 1. The first-order valence-electron chi connectivity index (χ1n) is 12.6. The maximum atomic E-state index is 13.7. The summed E-state index contributed by atoms with van der Waals surface area (Å²) in [4.78, 5) is 25.6. The van der Waals surface area contributed by atoms with Gasteiger partial charge in [0.2, 0.25) is 11.8 Å². The number of hydrogen-bond donors (Lipinski definition) is 3. The molecule has 5 unspecified atom stereocenters. The molecule has 5 atom stereocenters. The molecular formula is C25H37N3O4S2. The number of benzene rings is 1. The quantitative estimate of drug-likeness (QED) is 0.511. The Morgan fingerprint density at radius 2 is 1.71 bits per heavy atom. The molecule has 2 amide bonds. The van der Waals surface area contributed by atoms with Gasteiger partial charge in [0, 0.05) is 19.4 Å². The topological polar surface area (TPSA) is 104 Å². The minimum absolute atomic E-state index is 0.0706. The second kappa shape index (κ2) is 11.4. The van der Waals surface area contributed by atoms with Crippen molar-refractivity contribution >= 4 is 33.4 Å². The lowest BCUT2D eigenvalue weighted by Gasteiger charge is -2.40. The van der Waals surface area contributed by atoms with Crippen LogP contribution in [0.4, 0.5) is 0 Å². The molecule has 7 nitrogen and oxygen atoms in total. The minimum atomic E-state index is -3.53. The highest BCUT2D eigenvalue weighted by Crippen LogP contribution is 2.38. The van der Waals surface area contributed by atoms with Crippen LogP contribution in [0.2, 0.25) is 0 Å². The van der Waals surface area contributed by atoms with E-state index in [1.165, 1.54) is 44.4 Å². The van der Waals surface area contributed by atoms with Gasteiger partial charge in [-0.2, -0.15) is 0 Å². The molecule has 0 aromatic heterocycles. The highest BCUT2D eigenvalue weighted by atomic mass is 32.2. The summed E-state index contributed by atoms with van der Waals surface area (Å²) in [6.07, 6.45) is 7.96. The van der Waals surface area contributed by atoms with Crippen molar-refractivity contribution in [3.05, 3.63) is 30.3 Å². The van der Waals surface area contributed by atoms with E-state index in [4.69, 9.17) is 0 Å². The lowest BCUT2D eigenvalue weighted by molar-refractivity contribution is -0.130. The van der Waals surface area contributed by atoms with Gasteiger partial charge in [-0.05, 0) is 42.6 Å². The second-order valence-electron chi connectivity index (χ2n) is 9.90. The average Bonchev–Trinajstić information content (AvgIpc) is 3.12. The van der Waals surface area contributed by atoms with Gasteiger partial charge < -0.3 is 10.6 Å². The lowest BCUT2D eigenvalue weighted by atomic mass is 9.73. The standard InChI is InChI=1S/C25H37N3O4S2/c1-17(29)27-23-15-20(21(16-26-23)18-9-5-2-3-6-10-18)24(30)28-25-22(13-14-33-25)34(31,32)19-11-7-4-8-12-19/h4,7-8,11-12,18,20-23,25-26H,2-3,5-6,9-10,13-16H2,1H3,(H,27,29)(H,28,30). The SMILES string of the molecule is CC(=O)NC1CC(C(=O)NC2SCCC2S(=O)(=O)c2ccccc2)C(C2CCCCCC2)CN1. The van der Waals surface area contributed by atoms with Crippen LogP contribution >= 0.6 is 11.8 Å². The predicted octanol–water partition coefficient (Wildman–Crippen LogP) is 3.07. The van der Waals surface area contributed by atoms with Gasteiger partial charge in [0.15, 0.2) is 9.84 Å². The molecule has 2 heterocycles. The highest BCUT2D eigenvalue weighted by Gasteiger charge is 2.44. The first kappa shape index (κ1) is 25.5. The van der Waals surface area contributed by atoms with Gasteiger partial charge in [-0.3, -0.25) is 14.9 Å². The van der Waals surface area contributed by atoms with Crippen LogP contribution in [0.1, 0.15) is 58.3 Å². The smallest absolute Gasteiger partial charge is 0.224 e. The van der Waals surface area contributed by atoms with Crippen LogP contribution in [-0.2, 0) is 19.4 Å². The summed E-state index contributed by atoms with van der Waals surface area (Å²) in [5.74, 6) is 0.933. The van der Waals surface area contributed by atoms with Crippen molar-refractivity contribution in [3.63, 3.8) is 0 Å². The fourth-order valence-corrected chi connectivity index (χ4v) is 9.60. The third-order valence-electron chi connectivity index (χ3n) is 7.62. The number of carbonyl (C=O) groups is 2. The zero-order chi connectivity index (χ0) is 24.1. The van der Waals surface area contributed by atoms with Gasteiger partial charge in [-0.25, -0.2) is 8.42 Å². The van der Waals surface area contributed by atoms with Crippen molar-refractivity contribution in [3.8, 4) is 0 Å². The Bertz CT molecular complexity index is 948. The molecule has 3 N–H and O–H groups in total. The maximum Gasteiger partial charge on any atom is 0.224 e. The van der Waals surface area contributed by atoms with E-state index in [9.17, 15) is 18.0 Å². The van der Waals surface area contributed by atoms with Crippen LogP contribution in [0.5, 0.6) is 0 Å². The summed E-state index contributed by atoms with van der Waals surface area (Å²) in [7, 11) is -3.53. The molecule has 1 aromatic carbocycles. The van der Waals surface area contributed by atoms with Crippen molar-refractivity contribution in [2.24, 2.45) is 17.8 Å². The van der Waals surface area contributed by atoms with Crippen LogP contribution < -0.4 is 16.0 Å². The number of amides is 2. The van der Waals surface area contributed by atoms with Crippen molar-refractivity contribution in [1.82, 2.24) is 16.0 Å². The van der Waals surface area contributed by atoms with E-state index in [2.05, 4.69) is 16.0 Å². The summed E-state index contributed by atoms with van der Waals surface area (Å²) >= 11 is 1.52. The molecule has 2 saturated heterocycles. The van der Waals surface area contributed by atoms with Crippen LogP contribution in [-0.4, -0.2) is 49.3 Å². The van der Waals surface area contributed by atoms with Gasteiger partial charge in [-0.15, -0.1) is 11.8 Å². The van der Waals surface area contributed by atoms with Crippen LogP contribution in [0.3, 0.4) is 0 Å². The monoisotopic (exact) mass is 507 g/mol. The molecule has 0 spiro atoms. The molecule has 3 fully saturated rings. The fourth-order valence-electron chi connectivity index (χ4n) is 5.88. The molecular weight excluding hydrogens is 470 g/mol. The average molecular weight is 508 g/mol. The predicted molar refractivity (Wildman–Crippen MR) is 135 cm³/mol. The van der Waals surface area contributed by atoms with Crippen molar-refractivity contribution in [2.45, 2.75) is 80.0 Å². The van der Waals surface area contributed by atoms with Gasteiger partial charge >= 0.3 is 0 Å². The van der Waals surface area contributed by atoms with Crippen molar-refractivity contribution in [1.29, 1.82) is 0 Å². The van der Waals surface area contributed by atoms with Crippen LogP contribution in [0.15, 0.2) is 35.2 Å². The number of nitrogens with one attached hydrogen (secondary N) is 3. The van der Waals surface area contributed by atoms with Gasteiger partial charge in [-0.1, -0.05) is 56.7 Å². The Hall–Kier alpha value is -1.58. The summed E-state index contributed by atoms with van der Waals surface area (Å²) in [5.41, 5.74) is 0. The Morgan fingerprint density at radius 3 is 2.38 bits per heavy atom. The number of hydrogen-bond acceptors (Lipinski definition) is 6. The van der Waals surface area contributed by atoms with Gasteiger partial charge in [0.05, 0.1) is 21.7 Å². The van der Waals surface area contributed by atoms with Crippen LogP contribution in [0, 0.1) is 17.8 Å². The molecule has 9 heteroatoms. The van der Waals surface area contributed by atoms with Crippen molar-refractivity contribution < 1.29 is 18.0 Å². The molecule has 34 heavy (non-hydrogen) atoms. The first-order chi connectivity index (χ1) is 16.4. The summed E-state index contributed by atoms with van der Waals surface area (Å²) in [5, 5.41) is 8.41. The Morgan fingerprint density at radius 1 is 1.00 bits per heavy atom. The molecule has 0 radical (unpaired) electrons. The molecule has 4 rings (SSSR count). The number of rotatable bonds is 6. The third-order valence-corrected chi connectivity index (χ3v) is 11.3. The summed E-state index contributed by atoms with van der Waals surface area (Å²) in [6.45, 7) is 2.18. The molecule has 3 aliphatic rings. The summed E-state index contributed by atoms with van der Waals surface area (Å²) in [6, 6.07) is 8.53. The molecule has 188 valence electrons. The zero-order valence-electron chi connectivity index (χ0n) is 19.9. The van der Waals surface area contributed by atoms with E-state index in [1.54, 1.807) is 30.3 Å². The molecule has 1 aromatic rings. The summed E-state index contributed by atoms with van der Waals surface area (Å²) < 4.78 is 26.6. The van der Waals surface area contributed by atoms with E-state index in [0.717, 1.165) is 12.8 Å². The second-order valence-corrected chi connectivity index (χ2v) is 13.3. The number of piperidine rings is 1. The Balaban J connectivity index is 1.50. The zero-order valence-corrected chi connectivity index (χ0v) is 21.5. The largest absolute Gasteiger partial charge is 0.343 e. The lowest BCUT2D eigenvalue weighted by Crippen LogP contribution is -2.57. The van der Waals surface area contributed by atoms with Gasteiger partial charge in [0.1, 0.15) is 0 Å². The van der Waals surface area contributed by atoms with E-state index >= 15 is 0 Å². The van der Waals surface area contributed by atoms with E-state index in [-0.39, 0.29) is 29.8 Å². The minimum Gasteiger partial charge on any atom is -0.343 e. The Labute approximate surface area is 207 Å². The molecule has 0 bridgehead atoms. The fraction of sp³-hybridized carbons (Fsp3) is 0.680. The number of thioether (sulfide) groups is 1. The highest BCUT2D eigenvalue weighted by molar-refractivity contribution is 8.02.